The summed E-state index contributed by atoms with van der Waals surface area (Å²) in [7, 11) is 0. The van der Waals surface area contributed by atoms with E-state index in [4.69, 9.17) is 12.2 Å². The molecule has 0 atom stereocenters. The molecule has 1 N–H and O–H groups in total. The van der Waals surface area contributed by atoms with Crippen molar-refractivity contribution in [3.8, 4) is 11.4 Å². The smallest absolute Gasteiger partial charge is 0.246 e. The highest BCUT2D eigenvalue weighted by molar-refractivity contribution is 7.71. The van der Waals surface area contributed by atoms with Gasteiger partial charge in [-0.15, -0.1) is 5.10 Å². The molecule has 0 saturated heterocycles. The molecule has 0 aliphatic carbocycles. The van der Waals surface area contributed by atoms with Gasteiger partial charge in [0.05, 0.1) is 0 Å². The number of carbonyl (C=O) groups excluding carboxylic acids is 1. The third kappa shape index (κ3) is 3.63. The maximum atomic E-state index is 13.3. The van der Waals surface area contributed by atoms with Crippen LogP contribution in [0.5, 0.6) is 0 Å². The van der Waals surface area contributed by atoms with Gasteiger partial charge in [-0.3, -0.25) is 9.47 Å². The Morgan fingerprint density at radius 3 is 2.50 bits per heavy atom. The molecule has 6 nitrogen and oxygen atoms in total. The number of anilines is 1. The topological polar surface area (TPSA) is 56.8 Å². The second-order valence-corrected chi connectivity index (χ2v) is 6.43. The summed E-state index contributed by atoms with van der Waals surface area (Å²) in [6, 6.07) is 19.1. The van der Waals surface area contributed by atoms with Gasteiger partial charge < -0.3 is 5.32 Å². The summed E-state index contributed by atoms with van der Waals surface area (Å²) in [5.74, 6) is -0.156. The van der Waals surface area contributed by atoms with Crippen molar-refractivity contribution in [3.05, 3.63) is 89.7 Å². The summed E-state index contributed by atoms with van der Waals surface area (Å²) in [4.78, 5) is 12.4. The number of carbonyl (C=O) groups is 1. The van der Waals surface area contributed by atoms with Crippen LogP contribution >= 0.6 is 12.2 Å². The van der Waals surface area contributed by atoms with Gasteiger partial charge in [-0.05, 0) is 42.5 Å². The van der Waals surface area contributed by atoms with Crippen molar-refractivity contribution in [3.63, 3.8) is 0 Å². The highest BCUT2D eigenvalue weighted by atomic mass is 32.1. The largest absolute Gasteiger partial charge is 0.324 e. The Balaban J connectivity index is 1.68. The van der Waals surface area contributed by atoms with E-state index in [9.17, 15) is 9.18 Å². The van der Waals surface area contributed by atoms with Crippen molar-refractivity contribution < 1.29 is 9.18 Å². The highest BCUT2D eigenvalue weighted by Crippen LogP contribution is 2.19. The van der Waals surface area contributed by atoms with Crippen molar-refractivity contribution in [2.45, 2.75) is 6.54 Å². The zero-order valence-electron chi connectivity index (χ0n) is 14.7. The van der Waals surface area contributed by atoms with Crippen LogP contribution in [-0.4, -0.2) is 25.0 Å². The van der Waals surface area contributed by atoms with Gasteiger partial charge in [-0.1, -0.05) is 36.4 Å². The summed E-state index contributed by atoms with van der Waals surface area (Å²) in [6.07, 6.45) is 3.70. The Morgan fingerprint density at radius 2 is 1.79 bits per heavy atom. The molecule has 8 heteroatoms. The van der Waals surface area contributed by atoms with Crippen molar-refractivity contribution in [2.75, 3.05) is 5.32 Å². The summed E-state index contributed by atoms with van der Waals surface area (Å²) < 4.78 is 18.7. The van der Waals surface area contributed by atoms with Crippen molar-refractivity contribution in [2.24, 2.45) is 0 Å². The molecule has 28 heavy (non-hydrogen) atoms. The average Bonchev–Trinajstić information content (AvgIpc) is 3.31. The minimum atomic E-state index is -0.419. The second kappa shape index (κ2) is 7.61. The van der Waals surface area contributed by atoms with Crippen LogP contribution in [0, 0.1) is 10.6 Å². The summed E-state index contributed by atoms with van der Waals surface area (Å²) >= 11 is 5.57. The number of nitrogens with zero attached hydrogens (tertiary/aromatic N) is 4. The van der Waals surface area contributed by atoms with E-state index in [1.807, 2.05) is 54.9 Å². The SMILES string of the molecule is O=C(Cn1nc(-c2ccccc2)n(-n2cccc2)c1=S)Nc1cccc(F)c1. The Morgan fingerprint density at radius 1 is 1.04 bits per heavy atom. The lowest BCUT2D eigenvalue weighted by Gasteiger charge is -2.07. The van der Waals surface area contributed by atoms with Gasteiger partial charge in [-0.25, -0.2) is 13.7 Å². The van der Waals surface area contributed by atoms with E-state index in [-0.39, 0.29) is 12.5 Å². The lowest BCUT2D eigenvalue weighted by atomic mass is 10.2. The Hall–Kier alpha value is -3.52. The molecule has 0 aliphatic heterocycles. The molecule has 0 fully saturated rings. The maximum absolute atomic E-state index is 13.3. The number of amides is 1. The number of hydrogen-bond acceptors (Lipinski definition) is 3. The lowest BCUT2D eigenvalue weighted by molar-refractivity contribution is -0.116. The molecule has 0 radical (unpaired) electrons. The quantitative estimate of drug-likeness (QED) is 0.522. The number of aromatic nitrogens is 4. The van der Waals surface area contributed by atoms with E-state index in [1.54, 1.807) is 15.4 Å². The van der Waals surface area contributed by atoms with E-state index in [0.717, 1.165) is 5.56 Å². The molecule has 0 unspecified atom stereocenters. The predicted molar refractivity (Wildman–Crippen MR) is 107 cm³/mol. The van der Waals surface area contributed by atoms with Gasteiger partial charge in [0.15, 0.2) is 5.82 Å². The van der Waals surface area contributed by atoms with Crippen LogP contribution in [-0.2, 0) is 11.3 Å². The van der Waals surface area contributed by atoms with Crippen LogP contribution in [0.15, 0.2) is 79.1 Å². The molecule has 2 aromatic carbocycles. The molecule has 0 bridgehead atoms. The maximum Gasteiger partial charge on any atom is 0.246 e. The Bertz CT molecular complexity index is 1170. The molecule has 0 saturated carbocycles. The van der Waals surface area contributed by atoms with E-state index >= 15 is 0 Å². The first-order valence-corrected chi connectivity index (χ1v) is 8.97. The van der Waals surface area contributed by atoms with E-state index < -0.39 is 5.82 Å². The molecule has 4 rings (SSSR count). The van der Waals surface area contributed by atoms with Crippen LogP contribution in [0.2, 0.25) is 0 Å². The standard InChI is InChI=1S/C20H16FN5OS/c21-16-9-6-10-17(13-16)22-18(27)14-25-20(28)26(24-11-4-5-12-24)19(23-25)15-7-2-1-3-8-15/h1-13H,14H2,(H,22,27). The first-order valence-electron chi connectivity index (χ1n) is 8.56. The fourth-order valence-electron chi connectivity index (χ4n) is 2.84. The van der Waals surface area contributed by atoms with Crippen LogP contribution in [0.3, 0.4) is 0 Å². The Labute approximate surface area is 165 Å². The molecular weight excluding hydrogens is 377 g/mol. The van der Waals surface area contributed by atoms with E-state index in [1.165, 1.54) is 22.9 Å². The molecule has 2 heterocycles. The third-order valence-corrected chi connectivity index (χ3v) is 4.46. The molecule has 2 aromatic heterocycles. The second-order valence-electron chi connectivity index (χ2n) is 6.06. The monoisotopic (exact) mass is 393 g/mol. The van der Waals surface area contributed by atoms with E-state index in [0.29, 0.717) is 16.3 Å². The van der Waals surface area contributed by atoms with Crippen molar-refractivity contribution in [1.29, 1.82) is 0 Å². The van der Waals surface area contributed by atoms with Crippen molar-refractivity contribution in [1.82, 2.24) is 19.1 Å². The molecule has 0 spiro atoms. The molecule has 1 amide bonds. The third-order valence-electron chi connectivity index (χ3n) is 4.07. The number of benzene rings is 2. The van der Waals surface area contributed by atoms with Gasteiger partial charge in [0.2, 0.25) is 10.7 Å². The fraction of sp³-hybridized carbons (Fsp3) is 0.0500. The minimum absolute atomic E-state index is 0.0938. The molecule has 4 aromatic rings. The molecule has 0 aliphatic rings. The fourth-order valence-corrected chi connectivity index (χ4v) is 3.13. The number of nitrogens with one attached hydrogen (secondary N) is 1. The van der Waals surface area contributed by atoms with Gasteiger partial charge in [0, 0.05) is 23.6 Å². The summed E-state index contributed by atoms with van der Waals surface area (Å²) in [5, 5.41) is 7.21. The summed E-state index contributed by atoms with van der Waals surface area (Å²) in [6.45, 7) is -0.0938. The summed E-state index contributed by atoms with van der Waals surface area (Å²) in [5.41, 5.74) is 1.25. The first-order chi connectivity index (χ1) is 13.6. The first kappa shape index (κ1) is 17.9. The normalized spacial score (nSPS) is 10.8. The van der Waals surface area contributed by atoms with Crippen molar-refractivity contribution >= 4 is 23.8 Å². The number of halogens is 1. The van der Waals surface area contributed by atoms with Gasteiger partial charge in [0.25, 0.3) is 0 Å². The van der Waals surface area contributed by atoms with Crippen LogP contribution in [0.1, 0.15) is 0 Å². The Kier molecular flexibility index (Phi) is 4.86. The zero-order chi connectivity index (χ0) is 19.5. The highest BCUT2D eigenvalue weighted by Gasteiger charge is 2.16. The van der Waals surface area contributed by atoms with Crippen LogP contribution in [0.4, 0.5) is 10.1 Å². The number of hydrogen-bond donors (Lipinski definition) is 1. The minimum Gasteiger partial charge on any atom is -0.324 e. The zero-order valence-corrected chi connectivity index (χ0v) is 15.5. The number of rotatable bonds is 5. The molecular formula is C20H16FN5OS. The van der Waals surface area contributed by atoms with E-state index in [2.05, 4.69) is 10.4 Å². The average molecular weight is 393 g/mol. The van der Waals surface area contributed by atoms with Crippen LogP contribution < -0.4 is 5.32 Å². The van der Waals surface area contributed by atoms with Gasteiger partial charge >= 0.3 is 0 Å². The van der Waals surface area contributed by atoms with Crippen LogP contribution in [0.25, 0.3) is 11.4 Å². The van der Waals surface area contributed by atoms with Gasteiger partial charge in [-0.2, -0.15) is 0 Å². The lowest BCUT2D eigenvalue weighted by Crippen LogP contribution is -2.20. The van der Waals surface area contributed by atoms with Gasteiger partial charge in [0.1, 0.15) is 12.4 Å². The predicted octanol–water partition coefficient (Wildman–Crippen LogP) is 3.97. The molecule has 140 valence electrons.